The van der Waals surface area contributed by atoms with E-state index in [9.17, 15) is 13.2 Å². The molecule has 0 radical (unpaired) electrons. The van der Waals surface area contributed by atoms with E-state index in [0.717, 1.165) is 24.2 Å². The smallest absolute Gasteiger partial charge is 0.255 e. The molecule has 30 heavy (non-hydrogen) atoms. The van der Waals surface area contributed by atoms with Crippen LogP contribution in [-0.2, 0) is 10.0 Å². The highest BCUT2D eigenvalue weighted by atomic mass is 32.2. The lowest BCUT2D eigenvalue weighted by molar-refractivity contribution is 0.102. The van der Waals surface area contributed by atoms with Gasteiger partial charge < -0.3 is 10.1 Å². The number of hydrogen-bond acceptors (Lipinski definition) is 4. The van der Waals surface area contributed by atoms with Crippen LogP contribution in [0.5, 0.6) is 5.75 Å². The van der Waals surface area contributed by atoms with Gasteiger partial charge in [-0.2, -0.15) is 4.31 Å². The number of carbonyl (C=O) groups is 1. The average Bonchev–Trinajstić information content (AvgIpc) is 2.71. The van der Waals surface area contributed by atoms with Gasteiger partial charge in [0.15, 0.2) is 0 Å². The number of hydrogen-bond donors (Lipinski definition) is 1. The maximum atomic E-state index is 12.9. The number of sulfonamides is 1. The van der Waals surface area contributed by atoms with Gasteiger partial charge in [-0.1, -0.05) is 33.3 Å². The molecule has 0 aromatic heterocycles. The van der Waals surface area contributed by atoms with Crippen molar-refractivity contribution in [3.05, 3.63) is 53.1 Å². The molecule has 7 heteroatoms. The van der Waals surface area contributed by atoms with Crippen molar-refractivity contribution >= 4 is 21.6 Å². The molecule has 1 N–H and O–H groups in total. The first-order chi connectivity index (χ1) is 14.2. The van der Waals surface area contributed by atoms with E-state index in [1.807, 2.05) is 19.1 Å². The zero-order valence-corrected chi connectivity index (χ0v) is 19.3. The molecule has 0 unspecified atom stereocenters. The minimum atomic E-state index is -3.63. The number of carbonyl (C=O) groups excluding carboxylic acids is 1. The van der Waals surface area contributed by atoms with E-state index in [-0.39, 0.29) is 10.8 Å². The minimum Gasteiger partial charge on any atom is -0.494 e. The van der Waals surface area contributed by atoms with Crippen molar-refractivity contribution in [2.75, 3.05) is 25.0 Å². The molecule has 0 atom stereocenters. The van der Waals surface area contributed by atoms with Crippen LogP contribution in [0.2, 0.25) is 0 Å². The van der Waals surface area contributed by atoms with Crippen LogP contribution in [0.3, 0.4) is 0 Å². The number of ether oxygens (including phenoxy) is 1. The fourth-order valence-corrected chi connectivity index (χ4v) is 4.59. The molecule has 0 aliphatic rings. The van der Waals surface area contributed by atoms with E-state index in [1.54, 1.807) is 39.0 Å². The van der Waals surface area contributed by atoms with Crippen LogP contribution in [0.15, 0.2) is 41.3 Å². The Morgan fingerprint density at radius 3 is 2.30 bits per heavy atom. The molecular formula is C23H32N2O4S. The SMILES string of the molecule is CCCCOc1ccc(NC(=O)c2cc(S(=O)(=O)N(CC)CC)ccc2C)c(C)c1. The standard InChI is InChI=1S/C23H32N2O4S/c1-6-9-14-29-19-11-13-22(18(5)15-19)24-23(26)21-16-20(12-10-17(21)4)30(27,28)25(7-2)8-3/h10-13,15-16H,6-9,14H2,1-5H3,(H,24,26). The summed E-state index contributed by atoms with van der Waals surface area (Å²) in [5.41, 5.74) is 2.59. The summed E-state index contributed by atoms with van der Waals surface area (Å²) < 4.78 is 32.7. The summed E-state index contributed by atoms with van der Waals surface area (Å²) in [6.45, 7) is 10.8. The summed E-state index contributed by atoms with van der Waals surface area (Å²) in [5, 5.41) is 2.89. The largest absolute Gasteiger partial charge is 0.494 e. The molecule has 164 valence electrons. The third kappa shape index (κ3) is 5.61. The van der Waals surface area contributed by atoms with Crippen LogP contribution in [0, 0.1) is 13.8 Å². The number of anilines is 1. The normalized spacial score (nSPS) is 11.5. The predicted octanol–water partition coefficient (Wildman–Crippen LogP) is 4.77. The predicted molar refractivity (Wildman–Crippen MR) is 121 cm³/mol. The van der Waals surface area contributed by atoms with Gasteiger partial charge in [-0.15, -0.1) is 0 Å². The quantitative estimate of drug-likeness (QED) is 0.549. The van der Waals surface area contributed by atoms with Crippen molar-refractivity contribution in [1.82, 2.24) is 4.31 Å². The van der Waals surface area contributed by atoms with E-state index in [1.165, 1.54) is 10.4 Å². The first-order valence-corrected chi connectivity index (χ1v) is 11.8. The van der Waals surface area contributed by atoms with Gasteiger partial charge >= 0.3 is 0 Å². The molecular weight excluding hydrogens is 400 g/mol. The first-order valence-electron chi connectivity index (χ1n) is 10.4. The zero-order chi connectivity index (χ0) is 22.3. The fourth-order valence-electron chi connectivity index (χ4n) is 3.11. The van der Waals surface area contributed by atoms with Gasteiger partial charge in [0.2, 0.25) is 10.0 Å². The van der Waals surface area contributed by atoms with Crippen LogP contribution >= 0.6 is 0 Å². The minimum absolute atomic E-state index is 0.123. The second kappa shape index (κ2) is 10.6. The van der Waals surface area contributed by atoms with E-state index >= 15 is 0 Å². The second-order valence-electron chi connectivity index (χ2n) is 7.20. The van der Waals surface area contributed by atoms with Crippen molar-refractivity contribution in [3.8, 4) is 5.75 Å². The number of aryl methyl sites for hydroxylation is 2. The molecule has 6 nitrogen and oxygen atoms in total. The van der Waals surface area contributed by atoms with E-state index in [2.05, 4.69) is 12.2 Å². The summed E-state index contributed by atoms with van der Waals surface area (Å²) >= 11 is 0. The van der Waals surface area contributed by atoms with Crippen LogP contribution < -0.4 is 10.1 Å². The first kappa shape index (κ1) is 23.9. The lowest BCUT2D eigenvalue weighted by Crippen LogP contribution is -2.30. The average molecular weight is 433 g/mol. The molecule has 0 fully saturated rings. The van der Waals surface area contributed by atoms with Crippen molar-refractivity contribution in [1.29, 1.82) is 0 Å². The van der Waals surface area contributed by atoms with Crippen molar-refractivity contribution in [2.45, 2.75) is 52.4 Å². The number of nitrogens with one attached hydrogen (secondary N) is 1. The van der Waals surface area contributed by atoms with Crippen LogP contribution in [0.25, 0.3) is 0 Å². The lowest BCUT2D eigenvalue weighted by Gasteiger charge is -2.19. The van der Waals surface area contributed by atoms with Gasteiger partial charge in [0.25, 0.3) is 5.91 Å². The molecule has 1 amide bonds. The number of nitrogens with zero attached hydrogens (tertiary/aromatic N) is 1. The second-order valence-corrected chi connectivity index (χ2v) is 9.14. The maximum Gasteiger partial charge on any atom is 0.255 e. The Kier molecular flexibility index (Phi) is 8.43. The fraction of sp³-hybridized carbons (Fsp3) is 0.435. The van der Waals surface area contributed by atoms with E-state index < -0.39 is 10.0 Å². The molecule has 2 aromatic rings. The zero-order valence-electron chi connectivity index (χ0n) is 18.5. The van der Waals surface area contributed by atoms with Gasteiger partial charge in [0, 0.05) is 24.3 Å². The number of benzene rings is 2. The number of unbranched alkanes of at least 4 members (excludes halogenated alkanes) is 1. The molecule has 0 aliphatic carbocycles. The molecule has 0 saturated heterocycles. The van der Waals surface area contributed by atoms with E-state index in [0.29, 0.717) is 36.5 Å². The summed E-state index contributed by atoms with van der Waals surface area (Å²) in [6.07, 6.45) is 2.05. The highest BCUT2D eigenvalue weighted by Crippen LogP contribution is 2.24. The maximum absolute atomic E-state index is 12.9. The number of rotatable bonds is 10. The Hall–Kier alpha value is -2.38. The lowest BCUT2D eigenvalue weighted by atomic mass is 10.1. The van der Waals surface area contributed by atoms with Gasteiger partial charge in [-0.25, -0.2) is 8.42 Å². The van der Waals surface area contributed by atoms with Crippen molar-refractivity contribution in [2.24, 2.45) is 0 Å². The van der Waals surface area contributed by atoms with Gasteiger partial charge in [-0.05, 0) is 61.7 Å². The van der Waals surface area contributed by atoms with Crippen molar-refractivity contribution in [3.63, 3.8) is 0 Å². The molecule has 0 heterocycles. The Labute approximate surface area is 180 Å². The van der Waals surface area contributed by atoms with E-state index in [4.69, 9.17) is 4.74 Å². The molecule has 0 aliphatic heterocycles. The van der Waals surface area contributed by atoms with Gasteiger partial charge in [0.05, 0.1) is 11.5 Å². The number of amides is 1. The molecule has 0 spiro atoms. The monoisotopic (exact) mass is 432 g/mol. The Morgan fingerprint density at radius 2 is 1.70 bits per heavy atom. The molecule has 2 aromatic carbocycles. The molecule has 0 bridgehead atoms. The Morgan fingerprint density at radius 1 is 1.00 bits per heavy atom. The summed E-state index contributed by atoms with van der Waals surface area (Å²) in [7, 11) is -3.63. The van der Waals surface area contributed by atoms with Crippen LogP contribution in [0.1, 0.15) is 55.1 Å². The Balaban J connectivity index is 2.25. The third-order valence-electron chi connectivity index (χ3n) is 5.01. The van der Waals surface area contributed by atoms with Crippen molar-refractivity contribution < 1.29 is 17.9 Å². The van der Waals surface area contributed by atoms with Gasteiger partial charge in [0.1, 0.15) is 5.75 Å². The topological polar surface area (TPSA) is 75.7 Å². The Bertz CT molecular complexity index is 983. The van der Waals surface area contributed by atoms with Crippen LogP contribution in [0.4, 0.5) is 5.69 Å². The van der Waals surface area contributed by atoms with Crippen LogP contribution in [-0.4, -0.2) is 38.3 Å². The summed E-state index contributed by atoms with van der Waals surface area (Å²) in [4.78, 5) is 13.0. The van der Waals surface area contributed by atoms with Gasteiger partial charge in [-0.3, -0.25) is 4.79 Å². The molecule has 2 rings (SSSR count). The highest BCUT2D eigenvalue weighted by Gasteiger charge is 2.23. The summed E-state index contributed by atoms with van der Waals surface area (Å²) in [6, 6.07) is 10.2. The molecule has 0 saturated carbocycles. The third-order valence-corrected chi connectivity index (χ3v) is 7.06. The summed E-state index contributed by atoms with van der Waals surface area (Å²) in [5.74, 6) is 0.425. The highest BCUT2D eigenvalue weighted by molar-refractivity contribution is 7.89.